The number of carbonyl (C=O) groups excluding carboxylic acids is 1. The number of hydrogen-bond acceptors (Lipinski definition) is 7. The minimum atomic E-state index is -0.630. The number of aromatic nitrogens is 1. The van der Waals surface area contributed by atoms with Gasteiger partial charge in [-0.1, -0.05) is 24.3 Å². The number of aliphatic hydroxyl groups is 1. The molecule has 1 aromatic carbocycles. The summed E-state index contributed by atoms with van der Waals surface area (Å²) in [5.74, 6) is 1.22. The summed E-state index contributed by atoms with van der Waals surface area (Å²) in [4.78, 5) is 15.4. The number of alkyl carbamates (subject to hydrolysis) is 1. The highest BCUT2D eigenvalue weighted by molar-refractivity contribution is 5.66. The third-order valence-corrected chi connectivity index (χ3v) is 3.88. The summed E-state index contributed by atoms with van der Waals surface area (Å²) >= 11 is 0. The Hall–Kier alpha value is -2.84. The van der Waals surface area contributed by atoms with E-state index in [2.05, 4.69) is 20.4 Å². The van der Waals surface area contributed by atoms with E-state index in [0.29, 0.717) is 25.6 Å². The van der Waals surface area contributed by atoms with Gasteiger partial charge in [-0.2, -0.15) is 0 Å². The number of carbonyl (C=O) groups is 1. The molecule has 1 aromatic heterocycles. The summed E-state index contributed by atoms with van der Waals surface area (Å²) in [6, 6.07) is 11.3. The van der Waals surface area contributed by atoms with E-state index in [4.69, 9.17) is 9.47 Å². The maximum absolute atomic E-state index is 11.2. The van der Waals surface area contributed by atoms with Crippen molar-refractivity contribution in [3.05, 3.63) is 53.7 Å². The van der Waals surface area contributed by atoms with Crippen LogP contribution in [0.3, 0.4) is 0 Å². The average molecular weight is 389 g/mol. The molecule has 0 saturated heterocycles. The second-order valence-corrected chi connectivity index (χ2v) is 6.10. The number of amides is 1. The Bertz CT molecular complexity index is 741. The van der Waals surface area contributed by atoms with Gasteiger partial charge in [0.05, 0.1) is 13.7 Å². The van der Waals surface area contributed by atoms with Crippen LogP contribution in [0.4, 0.5) is 4.79 Å². The van der Waals surface area contributed by atoms with Crippen molar-refractivity contribution in [1.29, 1.82) is 0 Å². The molecule has 1 heterocycles. The quantitative estimate of drug-likeness (QED) is 0.502. The number of methoxy groups -OCH3 is 1. The number of benzene rings is 1. The van der Waals surface area contributed by atoms with Crippen LogP contribution in [0.25, 0.3) is 0 Å². The number of aryl methyl sites for hydroxylation is 1. The van der Waals surface area contributed by atoms with Crippen LogP contribution in [0.1, 0.15) is 11.1 Å². The van der Waals surface area contributed by atoms with Gasteiger partial charge in [0, 0.05) is 24.8 Å². The van der Waals surface area contributed by atoms with Gasteiger partial charge >= 0.3 is 6.09 Å². The smallest absolute Gasteiger partial charge is 0.407 e. The van der Waals surface area contributed by atoms with E-state index < -0.39 is 12.2 Å². The van der Waals surface area contributed by atoms with Crippen molar-refractivity contribution in [3.63, 3.8) is 0 Å². The number of rotatable bonds is 11. The Labute approximate surface area is 164 Å². The van der Waals surface area contributed by atoms with Gasteiger partial charge in [0.25, 0.3) is 0 Å². The minimum Gasteiger partial charge on any atom is -0.491 e. The van der Waals surface area contributed by atoms with Gasteiger partial charge in [-0.3, -0.25) is 0 Å². The van der Waals surface area contributed by atoms with Crippen LogP contribution in [0.2, 0.25) is 0 Å². The lowest BCUT2D eigenvalue weighted by Crippen LogP contribution is -2.33. The highest BCUT2D eigenvalue weighted by Crippen LogP contribution is 2.16. The maximum Gasteiger partial charge on any atom is 0.407 e. The van der Waals surface area contributed by atoms with Gasteiger partial charge in [-0.15, -0.1) is 0 Å². The van der Waals surface area contributed by atoms with Crippen LogP contribution in [0.5, 0.6) is 11.6 Å². The Balaban J connectivity index is 1.65. The summed E-state index contributed by atoms with van der Waals surface area (Å²) in [5.41, 5.74) is 1.78. The molecule has 0 aliphatic rings. The molecule has 1 atom stereocenters. The van der Waals surface area contributed by atoms with Crippen molar-refractivity contribution in [1.82, 2.24) is 15.6 Å². The largest absolute Gasteiger partial charge is 0.491 e. The summed E-state index contributed by atoms with van der Waals surface area (Å²) in [6.45, 7) is 3.72. The predicted molar refractivity (Wildman–Crippen MR) is 105 cm³/mol. The van der Waals surface area contributed by atoms with Crippen molar-refractivity contribution in [2.45, 2.75) is 19.6 Å². The van der Waals surface area contributed by atoms with E-state index in [1.54, 1.807) is 12.3 Å². The van der Waals surface area contributed by atoms with Gasteiger partial charge in [0.2, 0.25) is 5.88 Å². The third-order valence-electron chi connectivity index (χ3n) is 3.88. The lowest BCUT2D eigenvalue weighted by atomic mass is 10.2. The van der Waals surface area contributed by atoms with Crippen LogP contribution in [0, 0.1) is 6.92 Å². The first-order chi connectivity index (χ1) is 13.6. The molecule has 2 aromatic rings. The SMILES string of the molecule is COC(=O)NCc1cccnc1OCCNCC(O)COc1ccccc1C. The molecule has 2 rings (SSSR count). The van der Waals surface area contributed by atoms with E-state index in [1.165, 1.54) is 7.11 Å². The van der Waals surface area contributed by atoms with Gasteiger partial charge in [-0.05, 0) is 24.6 Å². The fourth-order valence-corrected chi connectivity index (χ4v) is 2.38. The number of nitrogens with one attached hydrogen (secondary N) is 2. The van der Waals surface area contributed by atoms with Crippen LogP contribution in [-0.2, 0) is 11.3 Å². The molecule has 152 valence electrons. The Kier molecular flexibility index (Phi) is 9.03. The molecule has 8 nitrogen and oxygen atoms in total. The van der Waals surface area contributed by atoms with Crippen molar-refractivity contribution in [3.8, 4) is 11.6 Å². The van der Waals surface area contributed by atoms with Crippen LogP contribution < -0.4 is 20.1 Å². The topological polar surface area (TPSA) is 102 Å². The molecule has 0 fully saturated rings. The average Bonchev–Trinajstić information content (AvgIpc) is 2.71. The van der Waals surface area contributed by atoms with Crippen molar-refractivity contribution < 1.29 is 24.1 Å². The molecule has 0 radical (unpaired) electrons. The molecule has 28 heavy (non-hydrogen) atoms. The summed E-state index contributed by atoms with van der Waals surface area (Å²) in [5, 5.41) is 15.7. The molecular weight excluding hydrogens is 362 g/mol. The number of pyridine rings is 1. The van der Waals surface area contributed by atoms with Gasteiger partial charge in [-0.25, -0.2) is 9.78 Å². The van der Waals surface area contributed by atoms with Crippen LogP contribution in [-0.4, -0.2) is 55.7 Å². The molecule has 0 spiro atoms. The Morgan fingerprint density at radius 3 is 2.82 bits per heavy atom. The van der Waals surface area contributed by atoms with Gasteiger partial charge in [0.1, 0.15) is 25.1 Å². The normalized spacial score (nSPS) is 11.5. The first kappa shape index (κ1) is 21.5. The lowest BCUT2D eigenvalue weighted by Gasteiger charge is -2.15. The molecule has 0 aliphatic carbocycles. The van der Waals surface area contributed by atoms with Crippen molar-refractivity contribution in [2.24, 2.45) is 0 Å². The van der Waals surface area contributed by atoms with Gasteiger partial charge < -0.3 is 30.0 Å². The van der Waals surface area contributed by atoms with E-state index >= 15 is 0 Å². The van der Waals surface area contributed by atoms with Crippen molar-refractivity contribution in [2.75, 3.05) is 33.4 Å². The Morgan fingerprint density at radius 2 is 2.04 bits per heavy atom. The fourth-order valence-electron chi connectivity index (χ4n) is 2.38. The highest BCUT2D eigenvalue weighted by Gasteiger charge is 2.08. The molecular formula is C20H27N3O5. The van der Waals surface area contributed by atoms with Crippen LogP contribution >= 0.6 is 0 Å². The second-order valence-electron chi connectivity index (χ2n) is 6.10. The summed E-state index contributed by atoms with van der Waals surface area (Å²) in [6.07, 6.45) is 0.476. The van der Waals surface area contributed by atoms with E-state index in [9.17, 15) is 9.90 Å². The molecule has 3 N–H and O–H groups in total. The first-order valence-electron chi connectivity index (χ1n) is 9.06. The van der Waals surface area contributed by atoms with Crippen LogP contribution in [0.15, 0.2) is 42.6 Å². The zero-order valence-corrected chi connectivity index (χ0v) is 16.2. The standard InChI is InChI=1S/C20H27N3O5/c1-15-6-3-4-8-18(15)28-14-17(24)13-21-10-11-27-19-16(7-5-9-22-19)12-23-20(25)26-2/h3-9,17,21,24H,10-14H2,1-2H3,(H,23,25). The number of aliphatic hydroxyl groups excluding tert-OH is 1. The van der Waals surface area contributed by atoms with E-state index in [0.717, 1.165) is 16.9 Å². The minimum absolute atomic E-state index is 0.211. The van der Waals surface area contributed by atoms with E-state index in [1.807, 2.05) is 37.3 Å². The highest BCUT2D eigenvalue weighted by atomic mass is 16.5. The summed E-state index contributed by atoms with van der Waals surface area (Å²) in [7, 11) is 1.31. The molecule has 0 bridgehead atoms. The fraction of sp³-hybridized carbons (Fsp3) is 0.400. The molecule has 8 heteroatoms. The molecule has 1 amide bonds. The maximum atomic E-state index is 11.2. The zero-order chi connectivity index (χ0) is 20.2. The number of ether oxygens (including phenoxy) is 3. The molecule has 0 aliphatic heterocycles. The first-order valence-corrected chi connectivity index (χ1v) is 9.06. The van der Waals surface area contributed by atoms with Crippen molar-refractivity contribution >= 4 is 6.09 Å². The summed E-state index contributed by atoms with van der Waals surface area (Å²) < 4.78 is 15.8. The molecule has 0 saturated carbocycles. The predicted octanol–water partition coefficient (Wildman–Crippen LogP) is 1.65. The second kappa shape index (κ2) is 11.8. The number of hydrogen-bond donors (Lipinski definition) is 3. The lowest BCUT2D eigenvalue weighted by molar-refractivity contribution is 0.105. The Morgan fingerprint density at radius 1 is 1.21 bits per heavy atom. The zero-order valence-electron chi connectivity index (χ0n) is 16.2. The monoisotopic (exact) mass is 389 g/mol. The van der Waals surface area contributed by atoms with Gasteiger partial charge in [0.15, 0.2) is 0 Å². The van der Waals surface area contributed by atoms with E-state index in [-0.39, 0.29) is 13.2 Å². The molecule has 1 unspecified atom stereocenters. The third kappa shape index (κ3) is 7.42. The number of para-hydroxylation sites is 1. The number of nitrogens with zero attached hydrogens (tertiary/aromatic N) is 1.